The molecular weight excluding hydrogens is 250 g/mol. The highest BCUT2D eigenvalue weighted by Gasteiger charge is 1.96. The highest BCUT2D eigenvalue weighted by Crippen LogP contribution is 2.12. The largest absolute Gasteiger partial charge is 0.497 e. The fourth-order valence-corrected chi connectivity index (χ4v) is 1.74. The molecule has 4 heteroatoms. The number of nitrogens with zero attached hydrogens (tertiary/aromatic N) is 1. The quantitative estimate of drug-likeness (QED) is 0.332. The number of ether oxygens (including phenoxy) is 1. The Hall–Kier alpha value is -1.97. The number of aliphatic imine (C=N–C) groups is 1. The number of hydrogen-bond acceptors (Lipinski definition) is 2. The Balaban J connectivity index is 2.15. The molecule has 110 valence electrons. The van der Waals surface area contributed by atoms with Crippen LogP contribution < -0.4 is 15.8 Å². The van der Waals surface area contributed by atoms with Crippen LogP contribution in [0, 0.1) is 0 Å². The molecule has 1 aromatic rings. The molecule has 0 spiro atoms. The predicted octanol–water partition coefficient (Wildman–Crippen LogP) is 2.50. The van der Waals surface area contributed by atoms with Crippen molar-refractivity contribution in [3.63, 3.8) is 0 Å². The normalized spacial score (nSPS) is 11.2. The van der Waals surface area contributed by atoms with Crippen LogP contribution in [0.1, 0.15) is 25.3 Å². The van der Waals surface area contributed by atoms with Gasteiger partial charge < -0.3 is 15.8 Å². The average Bonchev–Trinajstić information content (AvgIpc) is 2.45. The van der Waals surface area contributed by atoms with Crippen molar-refractivity contribution >= 4 is 5.96 Å². The molecule has 0 fully saturated rings. The van der Waals surface area contributed by atoms with Gasteiger partial charge in [-0.3, -0.25) is 0 Å². The molecule has 0 bridgehead atoms. The highest BCUT2D eigenvalue weighted by molar-refractivity contribution is 5.77. The highest BCUT2D eigenvalue weighted by atomic mass is 16.5. The maximum Gasteiger partial charge on any atom is 0.188 e. The van der Waals surface area contributed by atoms with Crippen molar-refractivity contribution < 1.29 is 4.74 Å². The van der Waals surface area contributed by atoms with E-state index in [1.165, 1.54) is 5.56 Å². The smallest absolute Gasteiger partial charge is 0.188 e. The molecule has 0 saturated heterocycles. The molecule has 0 amide bonds. The summed E-state index contributed by atoms with van der Waals surface area (Å²) < 4.78 is 5.14. The summed E-state index contributed by atoms with van der Waals surface area (Å²) >= 11 is 0. The van der Waals surface area contributed by atoms with Crippen LogP contribution in [-0.4, -0.2) is 26.2 Å². The maximum absolute atomic E-state index is 5.73. The van der Waals surface area contributed by atoms with Gasteiger partial charge in [0.05, 0.1) is 13.7 Å². The van der Waals surface area contributed by atoms with Crippen molar-refractivity contribution in [1.82, 2.24) is 5.32 Å². The summed E-state index contributed by atoms with van der Waals surface area (Å²) in [4.78, 5) is 4.17. The number of nitrogens with two attached hydrogens (primary N) is 1. The molecule has 4 nitrogen and oxygen atoms in total. The van der Waals surface area contributed by atoms with Gasteiger partial charge in [0, 0.05) is 6.54 Å². The van der Waals surface area contributed by atoms with Crippen LogP contribution in [0.3, 0.4) is 0 Å². The Morgan fingerprint density at radius 2 is 2.00 bits per heavy atom. The van der Waals surface area contributed by atoms with Crippen LogP contribution in [-0.2, 0) is 6.42 Å². The first-order valence-electron chi connectivity index (χ1n) is 6.93. The van der Waals surface area contributed by atoms with E-state index in [-0.39, 0.29) is 0 Å². The zero-order valence-corrected chi connectivity index (χ0v) is 12.5. The van der Waals surface area contributed by atoms with Crippen molar-refractivity contribution in [1.29, 1.82) is 0 Å². The molecule has 1 aromatic carbocycles. The van der Waals surface area contributed by atoms with Gasteiger partial charge in [-0.25, -0.2) is 4.99 Å². The molecule has 0 saturated carbocycles. The number of nitrogens with one attached hydrogen (secondary N) is 1. The summed E-state index contributed by atoms with van der Waals surface area (Å²) in [6, 6.07) is 8.20. The fraction of sp³-hybridized carbons (Fsp3) is 0.438. The topological polar surface area (TPSA) is 59.6 Å². The summed E-state index contributed by atoms with van der Waals surface area (Å²) in [6.45, 7) is 7.16. The summed E-state index contributed by atoms with van der Waals surface area (Å²) in [5.74, 6) is 1.40. The van der Waals surface area contributed by atoms with Crippen LogP contribution in [0.2, 0.25) is 0 Å². The van der Waals surface area contributed by atoms with Crippen LogP contribution in [0.4, 0.5) is 0 Å². The Kier molecular flexibility index (Phi) is 7.25. The second-order valence-corrected chi connectivity index (χ2v) is 4.89. The second kappa shape index (κ2) is 9.02. The van der Waals surface area contributed by atoms with E-state index in [2.05, 4.69) is 29.0 Å². The van der Waals surface area contributed by atoms with Crippen molar-refractivity contribution in [3.8, 4) is 5.75 Å². The molecule has 20 heavy (non-hydrogen) atoms. The van der Waals surface area contributed by atoms with Gasteiger partial charge >= 0.3 is 0 Å². The first kappa shape index (κ1) is 16.1. The molecule has 1 rings (SSSR count). The summed E-state index contributed by atoms with van der Waals surface area (Å²) in [5.41, 5.74) is 8.07. The number of aryl methyl sites for hydroxylation is 1. The molecule has 0 radical (unpaired) electrons. The summed E-state index contributed by atoms with van der Waals surface area (Å²) in [6.07, 6.45) is 3.25. The lowest BCUT2D eigenvalue weighted by atomic mass is 10.1. The lowest BCUT2D eigenvalue weighted by Gasteiger charge is -2.06. The van der Waals surface area contributed by atoms with Gasteiger partial charge in [-0.1, -0.05) is 24.3 Å². The summed E-state index contributed by atoms with van der Waals surface area (Å²) in [7, 11) is 1.68. The Morgan fingerprint density at radius 3 is 2.60 bits per heavy atom. The predicted molar refractivity (Wildman–Crippen MR) is 85.2 cm³/mol. The first-order valence-corrected chi connectivity index (χ1v) is 6.93. The monoisotopic (exact) mass is 275 g/mol. The molecule has 0 heterocycles. The van der Waals surface area contributed by atoms with Crippen molar-refractivity contribution in [3.05, 3.63) is 42.0 Å². The number of methoxy groups -OCH3 is 1. The van der Waals surface area contributed by atoms with E-state index < -0.39 is 0 Å². The van der Waals surface area contributed by atoms with Crippen LogP contribution in [0.25, 0.3) is 0 Å². The molecule has 0 aromatic heterocycles. The number of unbranched alkanes of at least 4 members (excludes halogenated alkanes) is 1. The van der Waals surface area contributed by atoms with E-state index in [4.69, 9.17) is 10.5 Å². The lowest BCUT2D eigenvalue weighted by molar-refractivity contribution is 0.414. The van der Waals surface area contributed by atoms with Gasteiger partial charge in [-0.15, -0.1) is 0 Å². The third-order valence-electron chi connectivity index (χ3n) is 2.88. The van der Waals surface area contributed by atoms with E-state index in [0.29, 0.717) is 12.5 Å². The number of guanidine groups is 1. The van der Waals surface area contributed by atoms with Gasteiger partial charge in [-0.2, -0.15) is 0 Å². The van der Waals surface area contributed by atoms with Gasteiger partial charge in [0.1, 0.15) is 5.75 Å². The number of hydrogen-bond donors (Lipinski definition) is 2. The molecule has 0 aliphatic rings. The third-order valence-corrected chi connectivity index (χ3v) is 2.88. The Labute approximate surface area is 121 Å². The standard InChI is InChI=1S/C16H25N3O/c1-13(2)12-19-16(17)18-11-5-4-6-14-7-9-15(20-3)10-8-14/h7-10H,1,4-6,11-12H2,2-3H3,(H3,17,18,19). The molecule has 0 aliphatic carbocycles. The van der Waals surface area contributed by atoms with Crippen LogP contribution in [0.15, 0.2) is 41.4 Å². The van der Waals surface area contributed by atoms with Gasteiger partial charge in [0.15, 0.2) is 5.96 Å². The fourth-order valence-electron chi connectivity index (χ4n) is 1.74. The van der Waals surface area contributed by atoms with Crippen molar-refractivity contribution in [2.45, 2.75) is 26.2 Å². The summed E-state index contributed by atoms with van der Waals surface area (Å²) in [5, 5.41) is 3.11. The van der Waals surface area contributed by atoms with Crippen LogP contribution in [0.5, 0.6) is 5.75 Å². The van der Waals surface area contributed by atoms with E-state index in [9.17, 15) is 0 Å². The SMILES string of the molecule is C=C(C)CN=C(N)NCCCCc1ccc(OC)cc1. The van der Waals surface area contributed by atoms with E-state index in [0.717, 1.165) is 37.1 Å². The second-order valence-electron chi connectivity index (χ2n) is 4.89. The lowest BCUT2D eigenvalue weighted by Crippen LogP contribution is -2.32. The van der Waals surface area contributed by atoms with E-state index >= 15 is 0 Å². The molecular formula is C16H25N3O. The van der Waals surface area contributed by atoms with Gasteiger partial charge in [-0.05, 0) is 43.9 Å². The molecule has 0 unspecified atom stereocenters. The molecule has 3 N–H and O–H groups in total. The number of benzene rings is 1. The zero-order valence-electron chi connectivity index (χ0n) is 12.5. The van der Waals surface area contributed by atoms with E-state index in [1.807, 2.05) is 19.1 Å². The minimum Gasteiger partial charge on any atom is -0.497 e. The average molecular weight is 275 g/mol. The Bertz CT molecular complexity index is 438. The van der Waals surface area contributed by atoms with E-state index in [1.54, 1.807) is 7.11 Å². The van der Waals surface area contributed by atoms with Crippen molar-refractivity contribution in [2.75, 3.05) is 20.2 Å². The number of rotatable bonds is 8. The minimum atomic E-state index is 0.498. The van der Waals surface area contributed by atoms with Crippen molar-refractivity contribution in [2.24, 2.45) is 10.7 Å². The molecule has 0 atom stereocenters. The third kappa shape index (κ3) is 6.83. The Morgan fingerprint density at radius 1 is 1.30 bits per heavy atom. The maximum atomic E-state index is 5.73. The minimum absolute atomic E-state index is 0.498. The first-order chi connectivity index (χ1) is 9.61. The van der Waals surface area contributed by atoms with Gasteiger partial charge in [0.2, 0.25) is 0 Å². The van der Waals surface area contributed by atoms with Crippen LogP contribution >= 0.6 is 0 Å². The van der Waals surface area contributed by atoms with Gasteiger partial charge in [0.25, 0.3) is 0 Å². The zero-order chi connectivity index (χ0) is 14.8. The molecule has 0 aliphatic heterocycles.